The van der Waals surface area contributed by atoms with Gasteiger partial charge in [0, 0.05) is 18.4 Å². The monoisotopic (exact) mass is 288 g/mol. The molecule has 7 heteroatoms. The van der Waals surface area contributed by atoms with Crippen LogP contribution in [0.25, 0.3) is 0 Å². The van der Waals surface area contributed by atoms with Crippen molar-refractivity contribution >= 4 is 23.8 Å². The highest BCUT2D eigenvalue weighted by Crippen LogP contribution is 2.25. The second-order valence-corrected chi connectivity index (χ2v) is 6.57. The van der Waals surface area contributed by atoms with Crippen LogP contribution in [-0.2, 0) is 9.53 Å². The molecule has 2 rings (SSSR count). The minimum Gasteiger partial charge on any atom is -0.480 e. The molecule has 0 aromatic heterocycles. The van der Waals surface area contributed by atoms with Gasteiger partial charge in [0.1, 0.15) is 6.04 Å². The summed E-state index contributed by atoms with van der Waals surface area (Å²) in [4.78, 5) is 24.6. The summed E-state index contributed by atoms with van der Waals surface area (Å²) in [7, 11) is 0. The first-order valence-corrected chi connectivity index (χ1v) is 7.56. The lowest BCUT2D eigenvalue weighted by Gasteiger charge is -2.36. The maximum absolute atomic E-state index is 12.1. The van der Waals surface area contributed by atoms with Crippen molar-refractivity contribution in [2.24, 2.45) is 0 Å². The first-order chi connectivity index (χ1) is 8.89. The highest BCUT2D eigenvalue weighted by atomic mass is 32.2. The quantitative estimate of drug-likeness (QED) is 0.796. The molecule has 0 saturated carbocycles. The number of carboxylic acids is 1. The molecule has 108 valence electrons. The molecule has 2 heterocycles. The average Bonchev–Trinajstić information content (AvgIpc) is 2.76. The highest BCUT2D eigenvalue weighted by Gasteiger charge is 2.36. The van der Waals surface area contributed by atoms with Crippen LogP contribution >= 0.6 is 11.8 Å². The Kier molecular flexibility index (Phi) is 4.25. The third kappa shape index (κ3) is 3.54. The number of hydrogen-bond donors (Lipinski definition) is 2. The van der Waals surface area contributed by atoms with Gasteiger partial charge >= 0.3 is 12.0 Å². The molecular weight excluding hydrogens is 268 g/mol. The molecule has 2 atom stereocenters. The van der Waals surface area contributed by atoms with E-state index in [1.54, 1.807) is 0 Å². The smallest absolute Gasteiger partial charge is 0.327 e. The number of nitrogens with one attached hydrogen (secondary N) is 1. The van der Waals surface area contributed by atoms with Gasteiger partial charge in [-0.1, -0.05) is 0 Å². The topological polar surface area (TPSA) is 78.9 Å². The van der Waals surface area contributed by atoms with E-state index in [2.05, 4.69) is 5.32 Å². The summed E-state index contributed by atoms with van der Waals surface area (Å²) in [6, 6.07) is -0.936. The predicted molar refractivity (Wildman–Crippen MR) is 72.2 cm³/mol. The summed E-state index contributed by atoms with van der Waals surface area (Å²) in [5, 5.41) is 12.0. The number of hydrogen-bond acceptors (Lipinski definition) is 4. The molecular formula is C12H20N2O4S. The molecule has 0 aromatic carbocycles. The summed E-state index contributed by atoms with van der Waals surface area (Å²) < 4.78 is 5.60. The largest absolute Gasteiger partial charge is 0.480 e. The van der Waals surface area contributed by atoms with Gasteiger partial charge in [-0.2, -0.15) is 0 Å². The normalized spacial score (nSPS) is 30.1. The standard InChI is InChI=1S/C12H20N2O4S/c1-12(2)5-8(3-4-18-12)13-11(17)14-7-19-6-9(14)10(15)16/h8-9H,3-7H2,1-2H3,(H,13,17)(H,15,16). The molecule has 0 spiro atoms. The van der Waals surface area contributed by atoms with E-state index in [0.29, 0.717) is 18.2 Å². The van der Waals surface area contributed by atoms with Gasteiger partial charge in [0.15, 0.2) is 0 Å². The lowest BCUT2D eigenvalue weighted by Crippen LogP contribution is -2.52. The predicted octanol–water partition coefficient (Wildman–Crippen LogP) is 1.11. The molecule has 2 N–H and O–H groups in total. The fraction of sp³-hybridized carbons (Fsp3) is 0.833. The number of rotatable bonds is 2. The van der Waals surface area contributed by atoms with Gasteiger partial charge in [0.25, 0.3) is 0 Å². The lowest BCUT2D eigenvalue weighted by molar-refractivity contribution is -0.140. The second-order valence-electron chi connectivity index (χ2n) is 5.57. The Bertz CT molecular complexity index is 375. The maximum atomic E-state index is 12.1. The van der Waals surface area contributed by atoms with E-state index in [0.717, 1.165) is 12.8 Å². The zero-order valence-corrected chi connectivity index (χ0v) is 12.0. The van der Waals surface area contributed by atoms with Crippen LogP contribution in [0.15, 0.2) is 0 Å². The average molecular weight is 288 g/mol. The molecule has 2 saturated heterocycles. The first kappa shape index (κ1) is 14.5. The van der Waals surface area contributed by atoms with E-state index in [9.17, 15) is 9.59 Å². The number of nitrogens with zero attached hydrogens (tertiary/aromatic N) is 1. The SMILES string of the molecule is CC1(C)CC(NC(=O)N2CSCC2C(=O)O)CCO1. The van der Waals surface area contributed by atoms with Crippen molar-refractivity contribution in [2.45, 2.75) is 44.4 Å². The van der Waals surface area contributed by atoms with Gasteiger partial charge in [-0.05, 0) is 26.7 Å². The Balaban J connectivity index is 1.92. The van der Waals surface area contributed by atoms with E-state index in [4.69, 9.17) is 9.84 Å². The van der Waals surface area contributed by atoms with E-state index >= 15 is 0 Å². The van der Waals surface area contributed by atoms with Crippen molar-refractivity contribution in [1.82, 2.24) is 10.2 Å². The number of amides is 2. The van der Waals surface area contributed by atoms with Crippen molar-refractivity contribution < 1.29 is 19.4 Å². The Morgan fingerprint density at radius 1 is 1.47 bits per heavy atom. The van der Waals surface area contributed by atoms with E-state index in [1.165, 1.54) is 16.7 Å². The molecule has 6 nitrogen and oxygen atoms in total. The van der Waals surface area contributed by atoms with Crippen LogP contribution in [-0.4, -0.2) is 57.9 Å². The van der Waals surface area contributed by atoms with Crippen molar-refractivity contribution in [3.8, 4) is 0 Å². The van der Waals surface area contributed by atoms with Crippen molar-refractivity contribution in [3.05, 3.63) is 0 Å². The van der Waals surface area contributed by atoms with E-state index < -0.39 is 12.0 Å². The molecule has 2 fully saturated rings. The molecule has 0 aromatic rings. The maximum Gasteiger partial charge on any atom is 0.327 e. The second kappa shape index (κ2) is 5.58. The number of thioether (sulfide) groups is 1. The van der Waals surface area contributed by atoms with Crippen LogP contribution in [0.2, 0.25) is 0 Å². The molecule has 2 aliphatic rings. The van der Waals surface area contributed by atoms with Gasteiger partial charge in [-0.15, -0.1) is 11.8 Å². The zero-order valence-electron chi connectivity index (χ0n) is 11.2. The van der Waals surface area contributed by atoms with Crippen LogP contribution < -0.4 is 5.32 Å². The molecule has 0 aliphatic carbocycles. The van der Waals surface area contributed by atoms with Crippen LogP contribution in [0.3, 0.4) is 0 Å². The highest BCUT2D eigenvalue weighted by molar-refractivity contribution is 7.99. The van der Waals surface area contributed by atoms with Crippen LogP contribution in [0.1, 0.15) is 26.7 Å². The number of carbonyl (C=O) groups excluding carboxylic acids is 1. The third-order valence-corrected chi connectivity index (χ3v) is 4.47. The van der Waals surface area contributed by atoms with Gasteiger partial charge in [0.05, 0.1) is 11.5 Å². The molecule has 0 radical (unpaired) electrons. The number of urea groups is 1. The third-order valence-electron chi connectivity index (χ3n) is 3.45. The van der Waals surface area contributed by atoms with Crippen molar-refractivity contribution in [2.75, 3.05) is 18.2 Å². The molecule has 0 bridgehead atoms. The number of carbonyl (C=O) groups is 2. The van der Waals surface area contributed by atoms with Gasteiger partial charge in [0.2, 0.25) is 0 Å². The number of aliphatic carboxylic acids is 1. The van der Waals surface area contributed by atoms with Gasteiger partial charge in [-0.25, -0.2) is 9.59 Å². The van der Waals surface area contributed by atoms with Gasteiger partial charge in [-0.3, -0.25) is 0 Å². The first-order valence-electron chi connectivity index (χ1n) is 6.41. The van der Waals surface area contributed by atoms with E-state index in [-0.39, 0.29) is 17.7 Å². The molecule has 2 amide bonds. The van der Waals surface area contributed by atoms with Gasteiger partial charge < -0.3 is 20.1 Å². The minimum atomic E-state index is -0.938. The lowest BCUT2D eigenvalue weighted by atomic mass is 9.94. The summed E-state index contributed by atoms with van der Waals surface area (Å²) in [5.41, 5.74) is -0.234. The van der Waals surface area contributed by atoms with Crippen molar-refractivity contribution in [3.63, 3.8) is 0 Å². The molecule has 2 aliphatic heterocycles. The van der Waals surface area contributed by atoms with Crippen molar-refractivity contribution in [1.29, 1.82) is 0 Å². The summed E-state index contributed by atoms with van der Waals surface area (Å²) in [6.45, 7) is 4.61. The zero-order chi connectivity index (χ0) is 14.0. The summed E-state index contributed by atoms with van der Waals surface area (Å²) in [6.07, 6.45) is 1.52. The van der Waals surface area contributed by atoms with Crippen LogP contribution in [0.5, 0.6) is 0 Å². The fourth-order valence-electron chi connectivity index (χ4n) is 2.46. The number of ether oxygens (including phenoxy) is 1. The summed E-state index contributed by atoms with van der Waals surface area (Å²) >= 11 is 1.47. The van der Waals surface area contributed by atoms with Crippen LogP contribution in [0, 0.1) is 0 Å². The Morgan fingerprint density at radius 3 is 2.84 bits per heavy atom. The molecule has 2 unspecified atom stereocenters. The summed E-state index contributed by atoms with van der Waals surface area (Å²) in [5.74, 6) is -0.0373. The number of carboxylic acid groups (broad SMARTS) is 1. The Morgan fingerprint density at radius 2 is 2.21 bits per heavy atom. The van der Waals surface area contributed by atoms with E-state index in [1.807, 2.05) is 13.8 Å². The fourth-order valence-corrected chi connectivity index (χ4v) is 3.61. The molecule has 19 heavy (non-hydrogen) atoms. The van der Waals surface area contributed by atoms with Crippen LogP contribution in [0.4, 0.5) is 4.79 Å². The Labute approximate surface area is 116 Å². The Hall–Kier alpha value is -0.950. The minimum absolute atomic E-state index is 0.0521.